The SMILES string of the molecule is O=C(NC[C@@H]1C[C@H](F)CN1Cc1cncnc1)[C@@H]1CCOC1. The summed E-state index contributed by atoms with van der Waals surface area (Å²) in [7, 11) is 0. The van der Waals surface area contributed by atoms with E-state index in [2.05, 4.69) is 20.2 Å². The number of ether oxygens (including phenoxy) is 1. The fourth-order valence-electron chi connectivity index (χ4n) is 3.08. The van der Waals surface area contributed by atoms with E-state index in [0.29, 0.717) is 39.3 Å². The Morgan fingerprint density at radius 3 is 3.00 bits per heavy atom. The van der Waals surface area contributed by atoms with E-state index >= 15 is 0 Å². The largest absolute Gasteiger partial charge is 0.381 e. The Bertz CT molecular complexity index is 496. The molecule has 1 amide bonds. The van der Waals surface area contributed by atoms with Crippen molar-refractivity contribution in [2.75, 3.05) is 26.3 Å². The molecule has 2 aliphatic rings. The maximum Gasteiger partial charge on any atom is 0.225 e. The lowest BCUT2D eigenvalue weighted by atomic mass is 10.1. The highest BCUT2D eigenvalue weighted by Gasteiger charge is 2.33. The smallest absolute Gasteiger partial charge is 0.225 e. The minimum atomic E-state index is -0.846. The van der Waals surface area contributed by atoms with Crippen molar-refractivity contribution in [3.63, 3.8) is 0 Å². The van der Waals surface area contributed by atoms with Gasteiger partial charge >= 0.3 is 0 Å². The molecule has 3 atom stereocenters. The number of carbonyl (C=O) groups is 1. The van der Waals surface area contributed by atoms with Crippen LogP contribution in [0.2, 0.25) is 0 Å². The molecule has 2 saturated heterocycles. The third-order valence-electron chi connectivity index (χ3n) is 4.29. The van der Waals surface area contributed by atoms with Gasteiger partial charge in [0.1, 0.15) is 12.5 Å². The Morgan fingerprint density at radius 2 is 2.27 bits per heavy atom. The van der Waals surface area contributed by atoms with Crippen LogP contribution in [0.15, 0.2) is 18.7 Å². The predicted molar refractivity (Wildman–Crippen MR) is 77.7 cm³/mol. The second-order valence-corrected chi connectivity index (χ2v) is 5.97. The molecule has 0 unspecified atom stereocenters. The average molecular weight is 308 g/mol. The average Bonchev–Trinajstić information content (AvgIpc) is 3.16. The van der Waals surface area contributed by atoms with Crippen LogP contribution in [-0.4, -0.2) is 59.3 Å². The van der Waals surface area contributed by atoms with Gasteiger partial charge in [-0.1, -0.05) is 0 Å². The predicted octanol–water partition coefficient (Wildman–Crippen LogP) is 0.542. The van der Waals surface area contributed by atoms with Gasteiger partial charge in [-0.2, -0.15) is 0 Å². The van der Waals surface area contributed by atoms with E-state index < -0.39 is 6.17 Å². The standard InChI is InChI=1S/C15H21FN4O2/c16-13-3-14(6-19-15(21)12-1-2-22-9-12)20(8-13)7-11-4-17-10-18-5-11/h4-5,10,12-14H,1-3,6-9H2,(H,19,21)/t12-,13+,14+/m1/s1. The molecule has 0 radical (unpaired) electrons. The monoisotopic (exact) mass is 308 g/mol. The van der Waals surface area contributed by atoms with Gasteiger partial charge < -0.3 is 10.1 Å². The van der Waals surface area contributed by atoms with Crippen LogP contribution in [0, 0.1) is 5.92 Å². The first-order valence-electron chi connectivity index (χ1n) is 7.70. The minimum absolute atomic E-state index is 0.0153. The summed E-state index contributed by atoms with van der Waals surface area (Å²) in [6, 6.07) is 0.0153. The van der Waals surface area contributed by atoms with Crippen LogP contribution in [0.25, 0.3) is 0 Å². The van der Waals surface area contributed by atoms with Crippen LogP contribution in [0.3, 0.4) is 0 Å². The second kappa shape index (κ2) is 7.11. The molecule has 0 aromatic carbocycles. The van der Waals surface area contributed by atoms with E-state index in [4.69, 9.17) is 4.74 Å². The highest BCUT2D eigenvalue weighted by atomic mass is 19.1. The molecule has 3 heterocycles. The summed E-state index contributed by atoms with van der Waals surface area (Å²) < 4.78 is 19.0. The Morgan fingerprint density at radius 1 is 1.45 bits per heavy atom. The lowest BCUT2D eigenvalue weighted by Crippen LogP contribution is -2.42. The van der Waals surface area contributed by atoms with Crippen molar-refractivity contribution in [1.82, 2.24) is 20.2 Å². The van der Waals surface area contributed by atoms with E-state index in [0.717, 1.165) is 12.0 Å². The third kappa shape index (κ3) is 3.78. The van der Waals surface area contributed by atoms with Crippen LogP contribution in [0.4, 0.5) is 4.39 Å². The first-order chi connectivity index (χ1) is 10.7. The summed E-state index contributed by atoms with van der Waals surface area (Å²) in [4.78, 5) is 22.0. The van der Waals surface area contributed by atoms with Gasteiger partial charge in [0.05, 0.1) is 12.5 Å². The zero-order valence-corrected chi connectivity index (χ0v) is 12.4. The first-order valence-corrected chi connectivity index (χ1v) is 7.70. The van der Waals surface area contributed by atoms with Crippen LogP contribution in [0.1, 0.15) is 18.4 Å². The maximum atomic E-state index is 13.7. The van der Waals surface area contributed by atoms with Crippen molar-refractivity contribution in [3.05, 3.63) is 24.3 Å². The number of hydrogen-bond acceptors (Lipinski definition) is 5. The number of rotatable bonds is 5. The number of nitrogens with one attached hydrogen (secondary N) is 1. The van der Waals surface area contributed by atoms with E-state index in [1.54, 1.807) is 12.4 Å². The van der Waals surface area contributed by atoms with Crippen LogP contribution < -0.4 is 5.32 Å². The fourth-order valence-corrected chi connectivity index (χ4v) is 3.08. The molecule has 1 N–H and O–H groups in total. The molecule has 0 saturated carbocycles. The number of carbonyl (C=O) groups excluding carboxylic acids is 1. The van der Waals surface area contributed by atoms with Gasteiger partial charge in [0, 0.05) is 50.2 Å². The number of hydrogen-bond donors (Lipinski definition) is 1. The lowest BCUT2D eigenvalue weighted by molar-refractivity contribution is -0.125. The van der Waals surface area contributed by atoms with Crippen molar-refractivity contribution in [2.45, 2.75) is 31.6 Å². The van der Waals surface area contributed by atoms with E-state index in [-0.39, 0.29) is 17.9 Å². The third-order valence-corrected chi connectivity index (χ3v) is 4.29. The van der Waals surface area contributed by atoms with Crippen molar-refractivity contribution >= 4 is 5.91 Å². The lowest BCUT2D eigenvalue weighted by Gasteiger charge is -2.24. The highest BCUT2D eigenvalue weighted by Crippen LogP contribution is 2.22. The summed E-state index contributed by atoms with van der Waals surface area (Å²) in [6.07, 6.45) is 5.34. The van der Waals surface area contributed by atoms with Crippen LogP contribution >= 0.6 is 0 Å². The van der Waals surface area contributed by atoms with Crippen LogP contribution in [0.5, 0.6) is 0 Å². The molecular weight excluding hydrogens is 287 g/mol. The quantitative estimate of drug-likeness (QED) is 0.860. The number of halogens is 1. The molecular formula is C15H21FN4O2. The number of amides is 1. The van der Waals surface area contributed by atoms with Crippen molar-refractivity contribution in [3.8, 4) is 0 Å². The molecule has 0 aliphatic carbocycles. The molecule has 2 aliphatic heterocycles. The molecule has 0 bridgehead atoms. The fraction of sp³-hybridized carbons (Fsp3) is 0.667. The first kappa shape index (κ1) is 15.3. The van der Waals surface area contributed by atoms with Gasteiger partial charge in [-0.05, 0) is 12.8 Å². The summed E-state index contributed by atoms with van der Waals surface area (Å²) >= 11 is 0. The molecule has 2 fully saturated rings. The van der Waals surface area contributed by atoms with Crippen LogP contribution in [-0.2, 0) is 16.1 Å². The van der Waals surface area contributed by atoms with Crippen molar-refractivity contribution in [1.29, 1.82) is 0 Å². The molecule has 7 heteroatoms. The second-order valence-electron chi connectivity index (χ2n) is 5.97. The minimum Gasteiger partial charge on any atom is -0.381 e. The highest BCUT2D eigenvalue weighted by molar-refractivity contribution is 5.79. The zero-order chi connectivity index (χ0) is 15.4. The Kier molecular flexibility index (Phi) is 4.94. The van der Waals surface area contributed by atoms with E-state index in [9.17, 15) is 9.18 Å². The number of nitrogens with zero attached hydrogens (tertiary/aromatic N) is 3. The summed E-state index contributed by atoms with van der Waals surface area (Å²) in [6.45, 7) is 2.61. The molecule has 0 spiro atoms. The van der Waals surface area contributed by atoms with E-state index in [1.165, 1.54) is 6.33 Å². The molecule has 120 valence electrons. The molecule has 22 heavy (non-hydrogen) atoms. The number of aromatic nitrogens is 2. The van der Waals surface area contributed by atoms with E-state index in [1.807, 2.05) is 0 Å². The number of likely N-dealkylation sites (tertiary alicyclic amines) is 1. The molecule has 1 aromatic heterocycles. The topological polar surface area (TPSA) is 67.4 Å². The van der Waals surface area contributed by atoms with Gasteiger partial charge in [-0.25, -0.2) is 14.4 Å². The van der Waals surface area contributed by atoms with Gasteiger partial charge in [0.2, 0.25) is 5.91 Å². The van der Waals surface area contributed by atoms with Crippen molar-refractivity contribution < 1.29 is 13.9 Å². The Hall–Kier alpha value is -1.60. The Balaban J connectivity index is 1.53. The normalized spacial score (nSPS) is 28.9. The van der Waals surface area contributed by atoms with Gasteiger partial charge in [-0.3, -0.25) is 9.69 Å². The summed E-state index contributed by atoms with van der Waals surface area (Å²) in [5.74, 6) is -0.0404. The van der Waals surface area contributed by atoms with Gasteiger partial charge in [0.15, 0.2) is 0 Å². The molecule has 3 rings (SSSR count). The summed E-state index contributed by atoms with van der Waals surface area (Å²) in [5.41, 5.74) is 0.956. The summed E-state index contributed by atoms with van der Waals surface area (Å²) in [5, 5.41) is 2.94. The van der Waals surface area contributed by atoms with Crippen molar-refractivity contribution in [2.24, 2.45) is 5.92 Å². The Labute approximate surface area is 129 Å². The number of alkyl halides is 1. The van der Waals surface area contributed by atoms with Gasteiger partial charge in [-0.15, -0.1) is 0 Å². The van der Waals surface area contributed by atoms with Gasteiger partial charge in [0.25, 0.3) is 0 Å². The molecule has 6 nitrogen and oxygen atoms in total. The maximum absolute atomic E-state index is 13.7. The molecule has 1 aromatic rings. The zero-order valence-electron chi connectivity index (χ0n) is 12.4.